The third kappa shape index (κ3) is 4.04. The number of nitrogens with zero attached hydrogens (tertiary/aromatic N) is 4. The van der Waals surface area contributed by atoms with E-state index >= 15 is 0 Å². The van der Waals surface area contributed by atoms with E-state index in [2.05, 4.69) is 5.16 Å². The van der Waals surface area contributed by atoms with Crippen LogP contribution in [-0.2, 0) is 18.3 Å². The van der Waals surface area contributed by atoms with Crippen LogP contribution in [0.1, 0.15) is 42.3 Å². The molecular formula is C22H26N4O3. The summed E-state index contributed by atoms with van der Waals surface area (Å²) in [6.45, 7) is 2.64. The maximum absolute atomic E-state index is 13.2. The molecule has 0 saturated carbocycles. The molecule has 152 valence electrons. The average Bonchev–Trinajstić information content (AvgIpc) is 3.34. The second-order valence-electron chi connectivity index (χ2n) is 7.56. The number of hydrogen-bond donors (Lipinski definition) is 0. The molecule has 1 aliphatic heterocycles. The predicted octanol–water partition coefficient (Wildman–Crippen LogP) is 3.69. The summed E-state index contributed by atoms with van der Waals surface area (Å²) in [4.78, 5) is 15.2. The highest BCUT2D eigenvalue weighted by Crippen LogP contribution is 2.36. The quantitative estimate of drug-likeness (QED) is 0.660. The molecule has 4 rings (SSSR count). The molecule has 0 spiro atoms. The van der Waals surface area contributed by atoms with Crippen LogP contribution >= 0.6 is 0 Å². The maximum Gasteiger partial charge on any atom is 0.227 e. The molecule has 1 amide bonds. The van der Waals surface area contributed by atoms with Crippen molar-refractivity contribution in [2.75, 3.05) is 13.7 Å². The molecule has 1 aromatic carbocycles. The van der Waals surface area contributed by atoms with Crippen molar-refractivity contribution in [2.45, 2.75) is 38.6 Å². The van der Waals surface area contributed by atoms with Crippen molar-refractivity contribution in [3.63, 3.8) is 0 Å². The topological polar surface area (TPSA) is 73.4 Å². The molecular weight excluding hydrogens is 368 g/mol. The van der Waals surface area contributed by atoms with Crippen LogP contribution < -0.4 is 4.74 Å². The van der Waals surface area contributed by atoms with E-state index in [1.807, 2.05) is 55.4 Å². The summed E-state index contributed by atoms with van der Waals surface area (Å²) < 4.78 is 12.5. The summed E-state index contributed by atoms with van der Waals surface area (Å²) >= 11 is 0. The van der Waals surface area contributed by atoms with E-state index < -0.39 is 0 Å². The van der Waals surface area contributed by atoms with Crippen LogP contribution in [0.3, 0.4) is 0 Å². The smallest absolute Gasteiger partial charge is 0.227 e. The number of ether oxygens (including phenoxy) is 1. The molecule has 2 aromatic heterocycles. The summed E-state index contributed by atoms with van der Waals surface area (Å²) in [7, 11) is 3.53. The van der Waals surface area contributed by atoms with Crippen LogP contribution in [0.2, 0.25) is 0 Å². The van der Waals surface area contributed by atoms with Gasteiger partial charge in [0, 0.05) is 25.9 Å². The number of carbonyl (C=O) groups excluding carboxylic acids is 1. The van der Waals surface area contributed by atoms with Gasteiger partial charge in [-0.05, 0) is 43.9 Å². The molecule has 1 saturated heterocycles. The fraction of sp³-hybridized carbons (Fsp3) is 0.409. The van der Waals surface area contributed by atoms with Gasteiger partial charge >= 0.3 is 0 Å². The highest BCUT2D eigenvalue weighted by molar-refractivity contribution is 5.79. The predicted molar refractivity (Wildman–Crippen MR) is 108 cm³/mol. The molecule has 0 radical (unpaired) electrons. The summed E-state index contributed by atoms with van der Waals surface area (Å²) in [5, 5.41) is 8.71. The molecule has 3 heterocycles. The number of aryl methyl sites for hydroxylation is 2. The minimum absolute atomic E-state index is 0.0592. The number of amides is 1. The Balaban J connectivity index is 1.60. The van der Waals surface area contributed by atoms with Gasteiger partial charge in [-0.3, -0.25) is 9.48 Å². The third-order valence-corrected chi connectivity index (χ3v) is 5.40. The summed E-state index contributed by atoms with van der Waals surface area (Å²) in [5.41, 5.74) is 3.59. The van der Waals surface area contributed by atoms with Crippen molar-refractivity contribution < 1.29 is 14.1 Å². The van der Waals surface area contributed by atoms with Crippen molar-refractivity contribution in [1.29, 1.82) is 0 Å². The van der Waals surface area contributed by atoms with Gasteiger partial charge in [0.1, 0.15) is 5.75 Å². The van der Waals surface area contributed by atoms with Gasteiger partial charge in [0.05, 0.1) is 36.5 Å². The number of methoxy groups -OCH3 is 1. The van der Waals surface area contributed by atoms with Crippen LogP contribution in [-0.4, -0.2) is 39.4 Å². The Bertz CT molecular complexity index is 990. The van der Waals surface area contributed by atoms with E-state index in [0.29, 0.717) is 12.2 Å². The number of benzene rings is 1. The first kappa shape index (κ1) is 19.2. The lowest BCUT2D eigenvalue weighted by molar-refractivity contribution is -0.134. The number of aromatic nitrogens is 3. The molecule has 1 aliphatic rings. The van der Waals surface area contributed by atoms with E-state index in [1.54, 1.807) is 11.8 Å². The van der Waals surface area contributed by atoms with Gasteiger partial charge in [0.2, 0.25) is 5.91 Å². The SMILES string of the molecule is COc1ccc(CC(=O)N2CCCCC2c2nn(C)cc2-c2cc(C)no2)cc1. The first-order chi connectivity index (χ1) is 14.0. The minimum atomic E-state index is -0.0592. The number of piperidine rings is 1. The standard InChI is InChI=1S/C22H26N4O3/c1-15-12-20(29-24-15)18-14-25(2)23-22(18)19-6-4-5-11-26(19)21(27)13-16-7-9-17(28-3)10-8-16/h7-10,12,14,19H,4-6,11,13H2,1-3H3. The lowest BCUT2D eigenvalue weighted by atomic mass is 9.95. The Morgan fingerprint density at radius 2 is 2.07 bits per heavy atom. The Morgan fingerprint density at radius 3 is 2.76 bits per heavy atom. The number of carbonyl (C=O) groups is 1. The van der Waals surface area contributed by atoms with Crippen molar-refractivity contribution in [3.8, 4) is 17.1 Å². The van der Waals surface area contributed by atoms with Crippen molar-refractivity contribution in [1.82, 2.24) is 19.8 Å². The molecule has 1 unspecified atom stereocenters. The number of hydrogen-bond acceptors (Lipinski definition) is 5. The third-order valence-electron chi connectivity index (χ3n) is 5.40. The molecule has 0 bridgehead atoms. The van der Waals surface area contributed by atoms with Crippen LogP contribution in [0.25, 0.3) is 11.3 Å². The number of likely N-dealkylation sites (tertiary alicyclic amines) is 1. The zero-order valence-electron chi connectivity index (χ0n) is 17.1. The van der Waals surface area contributed by atoms with E-state index in [4.69, 9.17) is 14.4 Å². The van der Waals surface area contributed by atoms with Crippen molar-refractivity contribution >= 4 is 5.91 Å². The molecule has 1 fully saturated rings. The van der Waals surface area contributed by atoms with Crippen LogP contribution in [0.5, 0.6) is 5.75 Å². The molecule has 0 aliphatic carbocycles. The Kier molecular flexibility index (Phi) is 5.38. The molecule has 1 atom stereocenters. The van der Waals surface area contributed by atoms with Crippen molar-refractivity contribution in [2.24, 2.45) is 7.05 Å². The molecule has 7 heteroatoms. The van der Waals surface area contributed by atoms with E-state index in [1.165, 1.54) is 0 Å². The molecule has 7 nitrogen and oxygen atoms in total. The summed E-state index contributed by atoms with van der Waals surface area (Å²) in [6, 6.07) is 9.51. The van der Waals surface area contributed by atoms with E-state index in [9.17, 15) is 4.79 Å². The lowest BCUT2D eigenvalue weighted by Crippen LogP contribution is -2.39. The first-order valence-corrected chi connectivity index (χ1v) is 9.95. The van der Waals surface area contributed by atoms with Crippen molar-refractivity contribution in [3.05, 3.63) is 53.5 Å². The van der Waals surface area contributed by atoms with E-state index in [-0.39, 0.29) is 11.9 Å². The van der Waals surface area contributed by atoms with E-state index in [0.717, 1.165) is 54.1 Å². The zero-order chi connectivity index (χ0) is 20.4. The monoisotopic (exact) mass is 394 g/mol. The van der Waals surface area contributed by atoms with Crippen LogP contribution in [0.15, 0.2) is 41.1 Å². The minimum Gasteiger partial charge on any atom is -0.497 e. The van der Waals surface area contributed by atoms with Gasteiger partial charge < -0.3 is 14.2 Å². The van der Waals surface area contributed by atoms with Crippen LogP contribution in [0, 0.1) is 6.92 Å². The second kappa shape index (κ2) is 8.11. The normalized spacial score (nSPS) is 16.8. The molecule has 29 heavy (non-hydrogen) atoms. The first-order valence-electron chi connectivity index (χ1n) is 9.95. The largest absolute Gasteiger partial charge is 0.497 e. The van der Waals surface area contributed by atoms with Gasteiger partial charge in [-0.1, -0.05) is 17.3 Å². The Hall–Kier alpha value is -3.09. The fourth-order valence-corrected chi connectivity index (χ4v) is 3.97. The highest BCUT2D eigenvalue weighted by Gasteiger charge is 2.32. The van der Waals surface area contributed by atoms with Crippen LogP contribution in [0.4, 0.5) is 0 Å². The Morgan fingerprint density at radius 1 is 1.28 bits per heavy atom. The van der Waals surface area contributed by atoms with Gasteiger partial charge in [-0.2, -0.15) is 5.10 Å². The molecule has 0 N–H and O–H groups in total. The maximum atomic E-state index is 13.2. The van der Waals surface area contributed by atoms with Gasteiger partial charge in [-0.25, -0.2) is 0 Å². The summed E-state index contributed by atoms with van der Waals surface area (Å²) in [6.07, 6.45) is 5.28. The van der Waals surface area contributed by atoms with Gasteiger partial charge in [-0.15, -0.1) is 0 Å². The fourth-order valence-electron chi connectivity index (χ4n) is 3.97. The second-order valence-corrected chi connectivity index (χ2v) is 7.56. The highest BCUT2D eigenvalue weighted by atomic mass is 16.5. The summed E-state index contributed by atoms with van der Waals surface area (Å²) in [5.74, 6) is 1.60. The molecule has 3 aromatic rings. The van der Waals surface area contributed by atoms with Gasteiger partial charge in [0.25, 0.3) is 0 Å². The average molecular weight is 394 g/mol. The lowest BCUT2D eigenvalue weighted by Gasteiger charge is -2.35. The zero-order valence-corrected chi connectivity index (χ0v) is 17.1. The number of rotatable bonds is 5. The van der Waals surface area contributed by atoms with Gasteiger partial charge in [0.15, 0.2) is 5.76 Å². The Labute approximate surface area is 170 Å².